The predicted octanol–water partition coefficient (Wildman–Crippen LogP) is 5.17. The minimum atomic E-state index is -0.313. The van der Waals surface area contributed by atoms with Crippen molar-refractivity contribution in [3.05, 3.63) is 75.3 Å². The van der Waals surface area contributed by atoms with E-state index in [0.29, 0.717) is 27.2 Å². The molecule has 2 amide bonds. The number of allylic oxidation sites excluding steroid dienone is 1. The van der Waals surface area contributed by atoms with Gasteiger partial charge in [0.2, 0.25) is 11.8 Å². The van der Waals surface area contributed by atoms with Gasteiger partial charge in [0.25, 0.3) is 0 Å². The van der Waals surface area contributed by atoms with Gasteiger partial charge in [0.05, 0.1) is 22.4 Å². The number of hydrogen-bond donors (Lipinski definition) is 2. The van der Waals surface area contributed by atoms with E-state index in [0.717, 1.165) is 17.3 Å². The summed E-state index contributed by atoms with van der Waals surface area (Å²) in [7, 11) is 0. The molecule has 1 aliphatic heterocycles. The summed E-state index contributed by atoms with van der Waals surface area (Å²) in [4.78, 5) is 24.6. The van der Waals surface area contributed by atoms with Crippen LogP contribution < -0.4 is 10.6 Å². The summed E-state index contributed by atoms with van der Waals surface area (Å²) in [5, 5.41) is 16.3. The van der Waals surface area contributed by atoms with Gasteiger partial charge in [0.15, 0.2) is 0 Å². The van der Waals surface area contributed by atoms with Crippen LogP contribution in [-0.2, 0) is 9.59 Å². The highest BCUT2D eigenvalue weighted by molar-refractivity contribution is 8.03. The van der Waals surface area contributed by atoms with Crippen LogP contribution in [0.5, 0.6) is 0 Å². The Labute approximate surface area is 185 Å². The number of anilines is 1. The lowest BCUT2D eigenvalue weighted by atomic mass is 9.86. The molecule has 0 saturated carbocycles. The molecule has 30 heavy (non-hydrogen) atoms. The molecule has 2 aromatic carbocycles. The molecule has 0 fully saturated rings. The highest BCUT2D eigenvalue weighted by Crippen LogP contribution is 2.36. The number of nitrogens with one attached hydrogen (secondary N) is 2. The van der Waals surface area contributed by atoms with Gasteiger partial charge in [-0.15, -0.1) is 0 Å². The first-order chi connectivity index (χ1) is 14.4. The molecule has 1 unspecified atom stereocenters. The third kappa shape index (κ3) is 5.44. The smallest absolute Gasteiger partial charge is 0.234 e. The number of thioether (sulfide) groups is 1. The van der Waals surface area contributed by atoms with Crippen molar-refractivity contribution in [2.45, 2.75) is 32.1 Å². The first-order valence-corrected chi connectivity index (χ1v) is 11.0. The van der Waals surface area contributed by atoms with E-state index in [9.17, 15) is 14.9 Å². The molecular weight excluding hydrogens is 418 g/mol. The molecule has 1 aliphatic rings. The third-order valence-electron chi connectivity index (χ3n) is 4.84. The Morgan fingerprint density at radius 1 is 1.23 bits per heavy atom. The van der Waals surface area contributed by atoms with Crippen molar-refractivity contribution in [3.8, 4) is 6.07 Å². The Kier molecular flexibility index (Phi) is 7.20. The molecule has 1 heterocycles. The lowest BCUT2D eigenvalue weighted by Gasteiger charge is -2.25. The Balaban J connectivity index is 1.74. The van der Waals surface area contributed by atoms with Crippen LogP contribution in [-0.4, -0.2) is 17.6 Å². The van der Waals surface area contributed by atoms with Crippen molar-refractivity contribution in [1.82, 2.24) is 5.32 Å². The number of halogens is 1. The fourth-order valence-electron chi connectivity index (χ4n) is 3.20. The SMILES string of the molecule is CC(C)c1ccc(C2CC(=O)NC(SCC(=O)Nc3ccc(Cl)cc3)=C2C#N)cc1. The summed E-state index contributed by atoms with van der Waals surface area (Å²) in [5.41, 5.74) is 3.25. The van der Waals surface area contributed by atoms with Crippen LogP contribution in [0.1, 0.15) is 43.2 Å². The molecule has 0 bridgehead atoms. The number of hydrogen-bond acceptors (Lipinski definition) is 4. The lowest BCUT2D eigenvalue weighted by molar-refractivity contribution is -0.121. The number of carbonyl (C=O) groups is 2. The maximum atomic E-state index is 12.3. The Morgan fingerprint density at radius 2 is 1.90 bits per heavy atom. The van der Waals surface area contributed by atoms with Gasteiger partial charge in [-0.3, -0.25) is 9.59 Å². The van der Waals surface area contributed by atoms with Crippen molar-refractivity contribution in [1.29, 1.82) is 5.26 Å². The van der Waals surface area contributed by atoms with E-state index in [-0.39, 0.29) is 29.9 Å². The van der Waals surface area contributed by atoms with Gasteiger partial charge >= 0.3 is 0 Å². The third-order valence-corrected chi connectivity index (χ3v) is 6.11. The zero-order chi connectivity index (χ0) is 21.7. The largest absolute Gasteiger partial charge is 0.325 e. The molecule has 3 rings (SSSR count). The van der Waals surface area contributed by atoms with Gasteiger partial charge in [-0.05, 0) is 41.3 Å². The van der Waals surface area contributed by atoms with Crippen LogP contribution in [0.2, 0.25) is 5.02 Å². The van der Waals surface area contributed by atoms with E-state index in [4.69, 9.17) is 11.6 Å². The molecule has 5 nitrogen and oxygen atoms in total. The second-order valence-electron chi connectivity index (χ2n) is 7.32. The molecule has 0 saturated heterocycles. The summed E-state index contributed by atoms with van der Waals surface area (Å²) in [6, 6.07) is 17.1. The Morgan fingerprint density at radius 3 is 2.50 bits per heavy atom. The van der Waals surface area contributed by atoms with E-state index >= 15 is 0 Å². The number of carbonyl (C=O) groups excluding carboxylic acids is 2. The van der Waals surface area contributed by atoms with Gasteiger partial charge in [0, 0.05) is 23.0 Å². The first kappa shape index (κ1) is 21.9. The van der Waals surface area contributed by atoms with Gasteiger partial charge in [-0.2, -0.15) is 5.26 Å². The standard InChI is InChI=1S/C23H22ClN3O2S/c1-14(2)15-3-5-16(6-4-15)19-11-21(28)27-23(20(19)12-25)30-13-22(29)26-18-9-7-17(24)8-10-18/h3-10,14,19H,11,13H2,1-2H3,(H,26,29)(H,27,28). The minimum Gasteiger partial charge on any atom is -0.325 e. The predicted molar refractivity (Wildman–Crippen MR) is 121 cm³/mol. The fourth-order valence-corrected chi connectivity index (χ4v) is 4.20. The molecule has 0 aromatic heterocycles. The number of nitriles is 1. The lowest BCUT2D eigenvalue weighted by Crippen LogP contribution is -2.31. The van der Waals surface area contributed by atoms with Crippen molar-refractivity contribution < 1.29 is 9.59 Å². The number of amides is 2. The summed E-state index contributed by atoms with van der Waals surface area (Å²) in [5.74, 6) is -0.225. The number of benzene rings is 2. The number of rotatable bonds is 6. The van der Waals surface area contributed by atoms with E-state index in [2.05, 4.69) is 30.6 Å². The summed E-state index contributed by atoms with van der Waals surface area (Å²) < 4.78 is 0. The van der Waals surface area contributed by atoms with Gasteiger partial charge in [-0.1, -0.05) is 61.5 Å². The quantitative estimate of drug-likeness (QED) is 0.650. The second kappa shape index (κ2) is 9.84. The summed E-state index contributed by atoms with van der Waals surface area (Å²) in [6.07, 6.45) is 0.213. The van der Waals surface area contributed by atoms with Gasteiger partial charge < -0.3 is 10.6 Å². The first-order valence-electron chi connectivity index (χ1n) is 9.59. The normalized spacial score (nSPS) is 16.2. The highest BCUT2D eigenvalue weighted by atomic mass is 35.5. The van der Waals surface area contributed by atoms with Crippen LogP contribution >= 0.6 is 23.4 Å². The van der Waals surface area contributed by atoms with Crippen molar-refractivity contribution in [3.63, 3.8) is 0 Å². The van der Waals surface area contributed by atoms with E-state index in [1.54, 1.807) is 24.3 Å². The van der Waals surface area contributed by atoms with Crippen LogP contribution in [0.4, 0.5) is 5.69 Å². The van der Waals surface area contributed by atoms with Gasteiger partial charge in [-0.25, -0.2) is 0 Å². The Bertz CT molecular complexity index is 1010. The van der Waals surface area contributed by atoms with Crippen molar-refractivity contribution in [2.75, 3.05) is 11.1 Å². The zero-order valence-electron chi connectivity index (χ0n) is 16.7. The minimum absolute atomic E-state index is 0.0719. The molecule has 0 spiro atoms. The molecular formula is C23H22ClN3O2S. The van der Waals surface area contributed by atoms with Crippen LogP contribution in [0.3, 0.4) is 0 Å². The average molecular weight is 440 g/mol. The molecule has 7 heteroatoms. The molecule has 154 valence electrons. The van der Waals surface area contributed by atoms with Crippen LogP contribution in [0.15, 0.2) is 59.1 Å². The van der Waals surface area contributed by atoms with E-state index in [1.165, 1.54) is 5.56 Å². The summed E-state index contributed by atoms with van der Waals surface area (Å²) in [6.45, 7) is 4.24. The molecule has 0 aliphatic carbocycles. The molecule has 2 N–H and O–H groups in total. The molecule has 0 radical (unpaired) electrons. The average Bonchev–Trinajstić information content (AvgIpc) is 2.73. The topological polar surface area (TPSA) is 82.0 Å². The van der Waals surface area contributed by atoms with E-state index < -0.39 is 0 Å². The monoisotopic (exact) mass is 439 g/mol. The number of nitrogens with zero attached hydrogens (tertiary/aromatic N) is 1. The van der Waals surface area contributed by atoms with E-state index in [1.807, 2.05) is 24.3 Å². The summed E-state index contributed by atoms with van der Waals surface area (Å²) >= 11 is 7.01. The van der Waals surface area contributed by atoms with Crippen LogP contribution in [0, 0.1) is 11.3 Å². The Hall–Kier alpha value is -2.75. The van der Waals surface area contributed by atoms with Crippen molar-refractivity contribution >= 4 is 40.9 Å². The van der Waals surface area contributed by atoms with Crippen molar-refractivity contribution in [2.24, 2.45) is 0 Å². The molecule has 2 aromatic rings. The zero-order valence-corrected chi connectivity index (χ0v) is 18.3. The molecule has 1 atom stereocenters. The van der Waals surface area contributed by atoms with Gasteiger partial charge in [0.1, 0.15) is 0 Å². The maximum absolute atomic E-state index is 12.3. The highest BCUT2D eigenvalue weighted by Gasteiger charge is 2.29. The second-order valence-corrected chi connectivity index (χ2v) is 8.75. The van der Waals surface area contributed by atoms with Crippen LogP contribution in [0.25, 0.3) is 0 Å². The maximum Gasteiger partial charge on any atom is 0.234 e. The fraction of sp³-hybridized carbons (Fsp3) is 0.261.